The molecule has 0 radical (unpaired) electrons. The fourth-order valence-corrected chi connectivity index (χ4v) is 9.73. The number of aliphatic hydroxyl groups excluding tert-OH is 1. The monoisotopic (exact) mass is 835 g/mol. The zero-order chi connectivity index (χ0) is 41.0. The number of piperidine rings is 1. The van der Waals surface area contributed by atoms with Gasteiger partial charge in [-0.25, -0.2) is 9.59 Å². The molecule has 5 aromatic rings. The number of thioether (sulfide) groups is 2. The van der Waals surface area contributed by atoms with E-state index in [9.17, 15) is 19.5 Å². The Morgan fingerprint density at radius 3 is 2.10 bits per heavy atom. The number of aliphatic hydroxyl groups is 1. The van der Waals surface area contributed by atoms with Crippen molar-refractivity contribution in [3.8, 4) is 0 Å². The first kappa shape index (κ1) is 40.4. The van der Waals surface area contributed by atoms with Crippen LogP contribution in [0.2, 0.25) is 0 Å². The van der Waals surface area contributed by atoms with Crippen molar-refractivity contribution in [1.82, 2.24) is 44.2 Å². The first-order chi connectivity index (χ1) is 28.6. The van der Waals surface area contributed by atoms with Gasteiger partial charge >= 0.3 is 12.1 Å². The molecule has 0 saturated carbocycles. The molecule has 0 spiro atoms. The highest BCUT2D eigenvalue weighted by molar-refractivity contribution is 7.99. The Bertz CT molecular complexity index is 2270. The van der Waals surface area contributed by atoms with Crippen molar-refractivity contribution >= 4 is 52.9 Å². The number of rotatable bonds is 12. The van der Waals surface area contributed by atoms with Gasteiger partial charge in [-0.05, 0) is 79.1 Å². The maximum atomic E-state index is 13.6. The molecule has 0 bridgehead atoms. The van der Waals surface area contributed by atoms with E-state index in [1.807, 2.05) is 81.6 Å². The normalized spacial score (nSPS) is 18.2. The lowest BCUT2D eigenvalue weighted by molar-refractivity contribution is -0.141. The first-order valence-electron chi connectivity index (χ1n) is 20.0. The van der Waals surface area contributed by atoms with Gasteiger partial charge in [0.05, 0.1) is 18.1 Å². The molecule has 0 aliphatic carbocycles. The third-order valence-corrected chi connectivity index (χ3v) is 13.8. The van der Waals surface area contributed by atoms with Gasteiger partial charge in [0.25, 0.3) is 0 Å². The second-order valence-corrected chi connectivity index (χ2v) is 18.0. The molecule has 59 heavy (non-hydrogen) atoms. The maximum Gasteiger partial charge on any atom is 0.322 e. The summed E-state index contributed by atoms with van der Waals surface area (Å²) in [5.74, 6) is -0.192. The van der Waals surface area contributed by atoms with E-state index in [1.165, 1.54) is 0 Å². The molecule has 8 rings (SSSR count). The van der Waals surface area contributed by atoms with Gasteiger partial charge in [0.15, 0.2) is 10.3 Å². The number of nitrogens with one attached hydrogen (secondary N) is 2. The molecule has 308 valence electrons. The van der Waals surface area contributed by atoms with Gasteiger partial charge in [-0.15, -0.1) is 20.4 Å². The van der Waals surface area contributed by atoms with Gasteiger partial charge < -0.3 is 39.6 Å². The molecule has 2 aromatic heterocycles. The first-order valence-corrected chi connectivity index (χ1v) is 21.7. The number of amides is 5. The maximum absolute atomic E-state index is 13.6. The molecule has 17 heteroatoms. The van der Waals surface area contributed by atoms with Crippen LogP contribution in [-0.4, -0.2) is 106 Å². The number of urea groups is 2. The quantitative estimate of drug-likeness (QED) is 0.122. The van der Waals surface area contributed by atoms with E-state index in [2.05, 4.69) is 62.2 Å². The third kappa shape index (κ3) is 9.42. The average molecular weight is 836 g/mol. The van der Waals surface area contributed by atoms with Gasteiger partial charge in [0.2, 0.25) is 5.91 Å². The van der Waals surface area contributed by atoms with Crippen molar-refractivity contribution in [2.45, 2.75) is 65.6 Å². The van der Waals surface area contributed by atoms with E-state index >= 15 is 0 Å². The molecule has 1 unspecified atom stereocenters. The minimum absolute atomic E-state index is 0.0350. The second-order valence-electron chi connectivity index (χ2n) is 15.5. The Labute approximate surface area is 351 Å². The topological polar surface area (TPSA) is 167 Å². The number of benzene rings is 3. The van der Waals surface area contributed by atoms with Crippen molar-refractivity contribution in [1.29, 1.82) is 0 Å². The predicted molar refractivity (Wildman–Crippen MR) is 227 cm³/mol. The number of likely N-dealkylation sites (tertiary alicyclic amines) is 3. The number of carbonyl (C=O) groups excluding carboxylic acids is 3. The predicted octanol–water partition coefficient (Wildman–Crippen LogP) is 6.30. The van der Waals surface area contributed by atoms with Crippen LogP contribution in [0.25, 0.3) is 0 Å². The lowest BCUT2D eigenvalue weighted by atomic mass is 9.95. The SMILES string of the molecule is C[C@H](Sc1nncn1C)c1cc(C[C@H](Sc2nncn2C)c2cccc(NC(=O)N3CCC3c3ccccc3)c2)cc(NC(=O)N2CC(C(=O)N3CCC(O)CC3)C2)c1. The molecule has 3 N–H and O–H groups in total. The molecule has 3 fully saturated rings. The molecule has 3 aliphatic rings. The standard InChI is InChI=1S/C42H49N11O4S2/c1-27(58-41-47-43-25-49(41)2)31-18-28(19-34(22-31)46-39(56)52-23-32(24-52)38(55)51-15-12-35(54)13-16-51)20-37(59-42-48-44-26-50(42)3)30-10-7-11-33(21-30)45-40(57)53-17-14-36(53)29-8-5-4-6-9-29/h4-11,18-19,21-22,25-27,32,35-37,54H,12-17,20,23-24H2,1-3H3,(H,45,57)(H,46,56)/t27-,36?,37-/m0/s1. The van der Waals surface area contributed by atoms with Crippen LogP contribution < -0.4 is 10.6 Å². The Morgan fingerprint density at radius 2 is 1.44 bits per heavy atom. The molecule has 5 amide bonds. The zero-order valence-electron chi connectivity index (χ0n) is 33.3. The van der Waals surface area contributed by atoms with Crippen molar-refractivity contribution < 1.29 is 19.5 Å². The van der Waals surface area contributed by atoms with Crippen LogP contribution in [0.1, 0.15) is 65.0 Å². The number of nitrogens with zero attached hydrogens (tertiary/aromatic N) is 9. The van der Waals surface area contributed by atoms with Crippen LogP contribution in [0.4, 0.5) is 21.0 Å². The number of aromatic nitrogens is 6. The molecule has 3 atom stereocenters. The summed E-state index contributed by atoms with van der Waals surface area (Å²) >= 11 is 3.16. The minimum atomic E-state index is -0.354. The third-order valence-electron chi connectivity index (χ3n) is 11.3. The highest BCUT2D eigenvalue weighted by atomic mass is 32.2. The van der Waals surface area contributed by atoms with Crippen molar-refractivity contribution in [2.75, 3.05) is 43.4 Å². The summed E-state index contributed by atoms with van der Waals surface area (Å²) in [6.07, 6.45) is 5.66. The van der Waals surface area contributed by atoms with Crippen LogP contribution >= 0.6 is 23.5 Å². The van der Waals surface area contributed by atoms with Crippen LogP contribution in [0.3, 0.4) is 0 Å². The summed E-state index contributed by atoms with van der Waals surface area (Å²) in [5, 5.41) is 34.3. The smallest absolute Gasteiger partial charge is 0.322 e. The number of carbonyl (C=O) groups is 3. The summed E-state index contributed by atoms with van der Waals surface area (Å²) in [4.78, 5) is 45.6. The van der Waals surface area contributed by atoms with E-state index in [0.29, 0.717) is 63.4 Å². The van der Waals surface area contributed by atoms with E-state index in [0.717, 1.165) is 39.0 Å². The molecule has 5 heterocycles. The molecule has 3 aromatic carbocycles. The van der Waals surface area contributed by atoms with Crippen LogP contribution in [-0.2, 0) is 25.3 Å². The summed E-state index contributed by atoms with van der Waals surface area (Å²) in [6.45, 7) is 4.59. The van der Waals surface area contributed by atoms with E-state index < -0.39 is 0 Å². The van der Waals surface area contributed by atoms with Gasteiger partial charge in [0.1, 0.15) is 12.7 Å². The second kappa shape index (κ2) is 17.8. The van der Waals surface area contributed by atoms with Crippen molar-refractivity contribution in [3.63, 3.8) is 0 Å². The fourth-order valence-electron chi connectivity index (χ4n) is 7.71. The highest BCUT2D eigenvalue weighted by Crippen LogP contribution is 2.41. The lowest BCUT2D eigenvalue weighted by Crippen LogP contribution is -2.58. The fraction of sp³-hybridized carbons (Fsp3) is 0.405. The number of hydrogen-bond acceptors (Lipinski definition) is 10. The van der Waals surface area contributed by atoms with Gasteiger partial charge in [0, 0.05) is 68.7 Å². The zero-order valence-corrected chi connectivity index (χ0v) is 35.0. The Balaban J connectivity index is 1.02. The molecular weight excluding hydrogens is 787 g/mol. The lowest BCUT2D eigenvalue weighted by Gasteiger charge is -2.41. The summed E-state index contributed by atoms with van der Waals surface area (Å²) < 4.78 is 3.77. The van der Waals surface area contributed by atoms with Crippen LogP contribution in [0.15, 0.2) is 95.8 Å². The average Bonchev–Trinajstić information content (AvgIpc) is 3.79. The summed E-state index contributed by atoms with van der Waals surface area (Å²) in [5.41, 5.74) is 5.47. The largest absolute Gasteiger partial charge is 0.393 e. The Morgan fingerprint density at radius 1 is 0.763 bits per heavy atom. The molecular formula is C42H49N11O4S2. The molecule has 3 aliphatic heterocycles. The van der Waals surface area contributed by atoms with Crippen LogP contribution in [0.5, 0.6) is 0 Å². The number of hydrogen-bond donors (Lipinski definition) is 3. The summed E-state index contributed by atoms with van der Waals surface area (Å²) in [6, 6.07) is 23.9. The Hall–Kier alpha value is -5.39. The van der Waals surface area contributed by atoms with Crippen molar-refractivity contribution in [2.24, 2.45) is 20.0 Å². The number of anilines is 2. The summed E-state index contributed by atoms with van der Waals surface area (Å²) in [7, 11) is 3.82. The van der Waals surface area contributed by atoms with Gasteiger partial charge in [-0.1, -0.05) is 72.1 Å². The van der Waals surface area contributed by atoms with E-state index in [4.69, 9.17) is 0 Å². The molecule has 3 saturated heterocycles. The van der Waals surface area contributed by atoms with E-state index in [1.54, 1.807) is 41.1 Å². The highest BCUT2D eigenvalue weighted by Gasteiger charge is 2.39. The minimum Gasteiger partial charge on any atom is -0.393 e. The van der Waals surface area contributed by atoms with E-state index in [-0.39, 0.29) is 46.5 Å². The van der Waals surface area contributed by atoms with Gasteiger partial charge in [-0.3, -0.25) is 4.79 Å². The van der Waals surface area contributed by atoms with Gasteiger partial charge in [-0.2, -0.15) is 0 Å². The van der Waals surface area contributed by atoms with Crippen molar-refractivity contribution in [3.05, 3.63) is 108 Å². The van der Waals surface area contributed by atoms with Crippen LogP contribution in [0, 0.1) is 5.92 Å². The Kier molecular flexibility index (Phi) is 12.2. The molecule has 15 nitrogen and oxygen atoms in total. The number of aryl methyl sites for hydroxylation is 2.